The van der Waals surface area contributed by atoms with Crippen molar-refractivity contribution in [1.82, 2.24) is 0 Å². The van der Waals surface area contributed by atoms with Crippen molar-refractivity contribution in [2.45, 2.75) is 45.4 Å². The number of nitrogens with one attached hydrogen (secondary N) is 2. The number of benzene rings is 1. The highest BCUT2D eigenvalue weighted by atomic mass is 32.2. The molecule has 1 saturated carbocycles. The molecule has 0 radical (unpaired) electrons. The maximum Gasteiger partial charge on any atom is 0.229 e. The third-order valence-electron chi connectivity index (χ3n) is 4.09. The van der Waals surface area contributed by atoms with Gasteiger partial charge in [0.05, 0.1) is 11.9 Å². The largest absolute Gasteiger partial charge is 0.385 e. The monoisotopic (exact) mass is 310 g/mol. The van der Waals surface area contributed by atoms with E-state index >= 15 is 0 Å². The minimum Gasteiger partial charge on any atom is -0.385 e. The lowest BCUT2D eigenvalue weighted by Gasteiger charge is -2.17. The third-order valence-corrected chi connectivity index (χ3v) is 4.68. The molecule has 0 spiro atoms. The van der Waals surface area contributed by atoms with Crippen LogP contribution in [0.4, 0.5) is 11.4 Å². The second-order valence-electron chi connectivity index (χ2n) is 6.14. The molecule has 0 aromatic heterocycles. The van der Waals surface area contributed by atoms with E-state index < -0.39 is 10.0 Å². The van der Waals surface area contributed by atoms with Gasteiger partial charge in [0.2, 0.25) is 10.0 Å². The van der Waals surface area contributed by atoms with Gasteiger partial charge in [0.25, 0.3) is 0 Å². The van der Waals surface area contributed by atoms with E-state index in [4.69, 9.17) is 0 Å². The van der Waals surface area contributed by atoms with E-state index in [1.54, 1.807) is 0 Å². The van der Waals surface area contributed by atoms with Crippen molar-refractivity contribution in [2.24, 2.45) is 5.92 Å². The van der Waals surface area contributed by atoms with Crippen LogP contribution in [0.5, 0.6) is 0 Å². The summed E-state index contributed by atoms with van der Waals surface area (Å²) in [6.45, 7) is 2.93. The zero-order valence-corrected chi connectivity index (χ0v) is 13.8. The van der Waals surface area contributed by atoms with Crippen LogP contribution in [0.25, 0.3) is 0 Å². The standard InChI is InChI=1S/C16H26N2O2S/c1-13-11-15(9-10-16(13)18-21(2,19)20)17-12-14-7-5-3-4-6-8-14/h9-11,14,17-18H,3-8,12H2,1-2H3. The van der Waals surface area contributed by atoms with Crippen LogP contribution in [0.1, 0.15) is 44.1 Å². The molecular formula is C16H26N2O2S. The predicted molar refractivity (Wildman–Crippen MR) is 89.3 cm³/mol. The van der Waals surface area contributed by atoms with Crippen molar-refractivity contribution in [3.63, 3.8) is 0 Å². The summed E-state index contributed by atoms with van der Waals surface area (Å²) < 4.78 is 25.1. The molecule has 2 N–H and O–H groups in total. The topological polar surface area (TPSA) is 58.2 Å². The lowest BCUT2D eigenvalue weighted by atomic mass is 10.0. The number of aryl methyl sites for hydroxylation is 1. The molecule has 1 aromatic rings. The van der Waals surface area contributed by atoms with Crippen molar-refractivity contribution in [1.29, 1.82) is 0 Å². The van der Waals surface area contributed by atoms with E-state index in [-0.39, 0.29) is 0 Å². The van der Waals surface area contributed by atoms with Crippen LogP contribution in [0.15, 0.2) is 18.2 Å². The number of hydrogen-bond donors (Lipinski definition) is 2. The van der Waals surface area contributed by atoms with Gasteiger partial charge in [0.15, 0.2) is 0 Å². The Kier molecular flexibility index (Phi) is 5.51. The lowest BCUT2D eigenvalue weighted by molar-refractivity contribution is 0.483. The Balaban J connectivity index is 1.93. The summed E-state index contributed by atoms with van der Waals surface area (Å²) >= 11 is 0. The molecule has 4 nitrogen and oxygen atoms in total. The molecule has 0 aliphatic heterocycles. The van der Waals surface area contributed by atoms with E-state index in [0.29, 0.717) is 5.69 Å². The quantitative estimate of drug-likeness (QED) is 0.814. The van der Waals surface area contributed by atoms with Crippen molar-refractivity contribution in [3.8, 4) is 0 Å². The average Bonchev–Trinajstić information content (AvgIpc) is 2.66. The molecule has 0 saturated heterocycles. The summed E-state index contributed by atoms with van der Waals surface area (Å²) in [5.74, 6) is 0.765. The molecule has 0 bridgehead atoms. The second-order valence-corrected chi connectivity index (χ2v) is 7.89. The maximum atomic E-state index is 11.3. The molecule has 5 heteroatoms. The van der Waals surface area contributed by atoms with Gasteiger partial charge in [-0.1, -0.05) is 25.7 Å². The maximum absolute atomic E-state index is 11.3. The van der Waals surface area contributed by atoms with E-state index in [1.807, 2.05) is 25.1 Å². The van der Waals surface area contributed by atoms with Crippen LogP contribution in [-0.2, 0) is 10.0 Å². The highest BCUT2D eigenvalue weighted by Crippen LogP contribution is 2.25. The van der Waals surface area contributed by atoms with Crippen LogP contribution >= 0.6 is 0 Å². The fraction of sp³-hybridized carbons (Fsp3) is 0.625. The Hall–Kier alpha value is -1.23. The number of hydrogen-bond acceptors (Lipinski definition) is 3. The Morgan fingerprint density at radius 1 is 1.14 bits per heavy atom. The minimum absolute atomic E-state index is 0.650. The number of rotatable bonds is 5. The van der Waals surface area contributed by atoms with E-state index in [9.17, 15) is 8.42 Å². The molecule has 0 unspecified atom stereocenters. The number of anilines is 2. The first-order valence-corrected chi connectivity index (χ1v) is 9.65. The average molecular weight is 310 g/mol. The van der Waals surface area contributed by atoms with Crippen molar-refractivity contribution >= 4 is 21.4 Å². The Labute approximate surface area is 128 Å². The number of sulfonamides is 1. The summed E-state index contributed by atoms with van der Waals surface area (Å²) in [5, 5.41) is 3.50. The van der Waals surface area contributed by atoms with Gasteiger partial charge in [0, 0.05) is 12.2 Å². The minimum atomic E-state index is -3.22. The first kappa shape index (κ1) is 16.1. The van der Waals surface area contributed by atoms with Crippen molar-refractivity contribution in [3.05, 3.63) is 23.8 Å². The van der Waals surface area contributed by atoms with Gasteiger partial charge in [-0.25, -0.2) is 8.42 Å². The lowest BCUT2D eigenvalue weighted by Crippen LogP contribution is -2.14. The van der Waals surface area contributed by atoms with Crippen LogP contribution < -0.4 is 10.0 Å². The molecule has 118 valence electrons. The molecule has 0 atom stereocenters. The summed E-state index contributed by atoms with van der Waals surface area (Å²) in [6.07, 6.45) is 9.26. The molecule has 0 amide bonds. The van der Waals surface area contributed by atoms with Gasteiger partial charge in [-0.2, -0.15) is 0 Å². The molecule has 1 aliphatic rings. The van der Waals surface area contributed by atoms with Gasteiger partial charge in [-0.15, -0.1) is 0 Å². The zero-order chi connectivity index (χ0) is 15.3. The van der Waals surface area contributed by atoms with Gasteiger partial charge >= 0.3 is 0 Å². The molecule has 1 fully saturated rings. The predicted octanol–water partition coefficient (Wildman–Crippen LogP) is 3.75. The van der Waals surface area contributed by atoms with Crippen molar-refractivity contribution in [2.75, 3.05) is 22.8 Å². The molecule has 1 aliphatic carbocycles. The molecular weight excluding hydrogens is 284 g/mol. The fourth-order valence-corrected chi connectivity index (χ4v) is 3.55. The Morgan fingerprint density at radius 2 is 1.81 bits per heavy atom. The van der Waals surface area contributed by atoms with Crippen molar-refractivity contribution < 1.29 is 8.42 Å². The van der Waals surface area contributed by atoms with E-state index in [1.165, 1.54) is 44.8 Å². The molecule has 21 heavy (non-hydrogen) atoms. The van der Waals surface area contributed by atoms with E-state index in [0.717, 1.165) is 23.7 Å². The van der Waals surface area contributed by atoms with Gasteiger partial charge in [-0.3, -0.25) is 4.72 Å². The van der Waals surface area contributed by atoms with Crippen LogP contribution in [-0.4, -0.2) is 21.2 Å². The van der Waals surface area contributed by atoms with E-state index in [2.05, 4.69) is 10.0 Å². The normalized spacial score (nSPS) is 17.2. The first-order chi connectivity index (χ1) is 9.94. The summed E-state index contributed by atoms with van der Waals surface area (Å²) in [6, 6.07) is 5.77. The molecule has 2 rings (SSSR count). The fourth-order valence-electron chi connectivity index (χ4n) is 2.92. The first-order valence-electron chi connectivity index (χ1n) is 7.76. The van der Waals surface area contributed by atoms with Gasteiger partial charge in [0.1, 0.15) is 0 Å². The second kappa shape index (κ2) is 7.16. The van der Waals surface area contributed by atoms with Crippen LogP contribution in [0.3, 0.4) is 0 Å². The highest BCUT2D eigenvalue weighted by molar-refractivity contribution is 7.92. The Morgan fingerprint density at radius 3 is 2.38 bits per heavy atom. The molecule has 0 heterocycles. The van der Waals surface area contributed by atoms with Crippen LogP contribution in [0, 0.1) is 12.8 Å². The highest BCUT2D eigenvalue weighted by Gasteiger charge is 2.12. The summed E-state index contributed by atoms with van der Waals surface area (Å²) in [4.78, 5) is 0. The SMILES string of the molecule is Cc1cc(NCC2CCCCCC2)ccc1NS(C)(=O)=O. The van der Waals surface area contributed by atoms with Gasteiger partial charge in [-0.05, 0) is 49.4 Å². The van der Waals surface area contributed by atoms with Gasteiger partial charge < -0.3 is 5.32 Å². The smallest absolute Gasteiger partial charge is 0.229 e. The summed E-state index contributed by atoms with van der Waals surface area (Å²) in [5.41, 5.74) is 2.65. The van der Waals surface area contributed by atoms with Crippen LogP contribution in [0.2, 0.25) is 0 Å². The Bertz CT molecular complexity index is 562. The molecule has 1 aromatic carbocycles. The zero-order valence-electron chi connectivity index (χ0n) is 13.0. The summed E-state index contributed by atoms with van der Waals surface area (Å²) in [7, 11) is -3.22. The third kappa shape index (κ3) is 5.58.